The van der Waals surface area contributed by atoms with Crippen LogP contribution < -0.4 is 15.1 Å². The van der Waals surface area contributed by atoms with Gasteiger partial charge in [0.15, 0.2) is 0 Å². The first-order chi connectivity index (χ1) is 15.2. The van der Waals surface area contributed by atoms with E-state index in [0.29, 0.717) is 17.8 Å². The third kappa shape index (κ3) is 4.88. The minimum absolute atomic E-state index is 0.0895. The summed E-state index contributed by atoms with van der Waals surface area (Å²) in [4.78, 5) is 32.0. The van der Waals surface area contributed by atoms with Gasteiger partial charge in [-0.2, -0.15) is 0 Å². The van der Waals surface area contributed by atoms with E-state index in [0.717, 1.165) is 43.6 Å². The van der Waals surface area contributed by atoms with Crippen molar-refractivity contribution in [2.24, 2.45) is 0 Å². The van der Waals surface area contributed by atoms with Crippen LogP contribution >= 0.6 is 0 Å². The molecule has 162 valence electrons. The predicted octanol–water partition coefficient (Wildman–Crippen LogP) is 2.08. The van der Waals surface area contributed by atoms with Gasteiger partial charge < -0.3 is 24.8 Å². The quantitative estimate of drug-likeness (QED) is 0.511. The summed E-state index contributed by atoms with van der Waals surface area (Å²) in [6, 6.07) is 18.0. The second kappa shape index (κ2) is 9.66. The van der Waals surface area contributed by atoms with Gasteiger partial charge in [0.1, 0.15) is 5.69 Å². The molecule has 1 aliphatic heterocycles. The molecular formula is C24H29N4O3+. The zero-order chi connectivity index (χ0) is 21.6. The Morgan fingerprint density at radius 3 is 2.52 bits per heavy atom. The van der Waals surface area contributed by atoms with Crippen molar-refractivity contribution in [1.29, 1.82) is 0 Å². The number of benzene rings is 2. The summed E-state index contributed by atoms with van der Waals surface area (Å²) in [6.45, 7) is 6.78. The molecule has 7 heteroatoms. The number of nitrogens with zero attached hydrogens (tertiary/aromatic N) is 1. The molecule has 3 aromatic rings. The minimum Gasteiger partial charge on any atom is -0.461 e. The molecule has 7 nitrogen and oxygen atoms in total. The minimum atomic E-state index is -0.461. The van der Waals surface area contributed by atoms with Crippen LogP contribution in [0.2, 0.25) is 0 Å². The standard InChI is InChI=1S/C24H28N4O3/c1-2-31-24(30)23-22(19-10-6-7-11-20(19)25-23)26-21(29)12-13-27-14-16-28(17-15-27)18-8-4-3-5-9-18/h3-11,25H,2,12-17H2,1H3,(H,26,29)/p+1. The molecule has 31 heavy (non-hydrogen) atoms. The molecule has 0 aliphatic carbocycles. The van der Waals surface area contributed by atoms with Crippen LogP contribution in [0.25, 0.3) is 10.9 Å². The molecule has 2 heterocycles. The molecule has 0 spiro atoms. The highest BCUT2D eigenvalue weighted by molar-refractivity contribution is 6.10. The molecule has 3 N–H and O–H groups in total. The lowest BCUT2D eigenvalue weighted by Crippen LogP contribution is -3.15. The number of amides is 1. The Balaban J connectivity index is 1.35. The number of hydrogen-bond donors (Lipinski definition) is 3. The van der Waals surface area contributed by atoms with Gasteiger partial charge in [-0.1, -0.05) is 36.4 Å². The van der Waals surface area contributed by atoms with Crippen LogP contribution in [0.4, 0.5) is 11.4 Å². The maximum atomic E-state index is 12.7. The Kier molecular flexibility index (Phi) is 6.52. The van der Waals surface area contributed by atoms with Gasteiger partial charge in [-0.3, -0.25) is 4.79 Å². The van der Waals surface area contributed by atoms with Crippen molar-refractivity contribution in [3.05, 3.63) is 60.3 Å². The van der Waals surface area contributed by atoms with Crippen LogP contribution in [0, 0.1) is 0 Å². The van der Waals surface area contributed by atoms with Gasteiger partial charge in [0.25, 0.3) is 0 Å². The molecule has 0 saturated carbocycles. The third-order valence-corrected chi connectivity index (χ3v) is 5.75. The SMILES string of the molecule is CCOC(=O)c1[nH]c2ccccc2c1NC(=O)CC[NH+]1CCN(c2ccccc2)CC1. The number of fused-ring (bicyclic) bond motifs is 1. The summed E-state index contributed by atoms with van der Waals surface area (Å²) in [7, 11) is 0. The van der Waals surface area contributed by atoms with Crippen molar-refractivity contribution in [3.8, 4) is 0 Å². The number of hydrogen-bond acceptors (Lipinski definition) is 4. The van der Waals surface area contributed by atoms with Gasteiger partial charge in [0, 0.05) is 16.6 Å². The molecule has 4 rings (SSSR count). The molecular weight excluding hydrogens is 392 g/mol. The molecule has 0 unspecified atom stereocenters. The van der Waals surface area contributed by atoms with E-state index in [1.165, 1.54) is 10.6 Å². The van der Waals surface area contributed by atoms with Crippen LogP contribution in [0.1, 0.15) is 23.8 Å². The van der Waals surface area contributed by atoms with Gasteiger partial charge >= 0.3 is 5.97 Å². The van der Waals surface area contributed by atoms with E-state index >= 15 is 0 Å². The first kappa shape index (κ1) is 20.9. The van der Waals surface area contributed by atoms with E-state index in [4.69, 9.17) is 4.74 Å². The third-order valence-electron chi connectivity index (χ3n) is 5.75. The molecule has 1 amide bonds. The molecule has 2 aromatic carbocycles. The van der Waals surface area contributed by atoms with E-state index in [9.17, 15) is 9.59 Å². The maximum Gasteiger partial charge on any atom is 0.356 e. The van der Waals surface area contributed by atoms with Crippen LogP contribution in [0.3, 0.4) is 0 Å². The van der Waals surface area contributed by atoms with Gasteiger partial charge in [-0.25, -0.2) is 4.79 Å². The molecule has 0 bridgehead atoms. The molecule has 1 saturated heterocycles. The van der Waals surface area contributed by atoms with Crippen molar-refractivity contribution in [1.82, 2.24) is 4.98 Å². The lowest BCUT2D eigenvalue weighted by Gasteiger charge is -2.33. The normalized spacial score (nSPS) is 14.5. The lowest BCUT2D eigenvalue weighted by molar-refractivity contribution is -0.900. The Morgan fingerprint density at radius 1 is 1.06 bits per heavy atom. The van der Waals surface area contributed by atoms with Crippen LogP contribution in [0.15, 0.2) is 54.6 Å². The summed E-state index contributed by atoms with van der Waals surface area (Å²) in [6.07, 6.45) is 0.405. The summed E-state index contributed by atoms with van der Waals surface area (Å²) >= 11 is 0. The average Bonchev–Trinajstić information content (AvgIpc) is 3.17. The fraction of sp³-hybridized carbons (Fsp3) is 0.333. The zero-order valence-electron chi connectivity index (χ0n) is 17.8. The van der Waals surface area contributed by atoms with E-state index in [-0.39, 0.29) is 12.5 Å². The van der Waals surface area contributed by atoms with E-state index in [1.54, 1.807) is 6.92 Å². The molecule has 0 radical (unpaired) electrons. The number of para-hydroxylation sites is 2. The Bertz CT molecular complexity index is 1040. The first-order valence-electron chi connectivity index (χ1n) is 10.9. The molecule has 0 atom stereocenters. The Morgan fingerprint density at radius 2 is 1.77 bits per heavy atom. The number of piperazine rings is 1. The summed E-state index contributed by atoms with van der Waals surface area (Å²) in [5.41, 5.74) is 2.84. The number of rotatable bonds is 7. The number of anilines is 2. The largest absolute Gasteiger partial charge is 0.461 e. The number of aromatic nitrogens is 1. The Labute approximate surface area is 182 Å². The fourth-order valence-electron chi connectivity index (χ4n) is 4.09. The van der Waals surface area contributed by atoms with Crippen molar-refractivity contribution in [2.45, 2.75) is 13.3 Å². The lowest BCUT2D eigenvalue weighted by atomic mass is 10.2. The summed E-state index contributed by atoms with van der Waals surface area (Å²) in [5.74, 6) is -0.551. The maximum absolute atomic E-state index is 12.7. The number of ether oxygens (including phenoxy) is 1. The van der Waals surface area contributed by atoms with Crippen LogP contribution in [0.5, 0.6) is 0 Å². The van der Waals surface area contributed by atoms with Gasteiger partial charge in [0.05, 0.1) is 51.4 Å². The molecule has 1 fully saturated rings. The second-order valence-electron chi connectivity index (χ2n) is 7.76. The number of carbonyl (C=O) groups is 2. The monoisotopic (exact) mass is 421 g/mol. The van der Waals surface area contributed by atoms with Crippen molar-refractivity contribution < 1.29 is 19.2 Å². The zero-order valence-corrected chi connectivity index (χ0v) is 17.8. The predicted molar refractivity (Wildman–Crippen MR) is 122 cm³/mol. The fourth-order valence-corrected chi connectivity index (χ4v) is 4.09. The van der Waals surface area contributed by atoms with Gasteiger partial charge in [-0.15, -0.1) is 0 Å². The topological polar surface area (TPSA) is 78.9 Å². The molecule has 1 aliphatic rings. The van der Waals surface area contributed by atoms with Crippen molar-refractivity contribution in [3.63, 3.8) is 0 Å². The van der Waals surface area contributed by atoms with E-state index in [2.05, 4.69) is 39.5 Å². The highest BCUT2D eigenvalue weighted by atomic mass is 16.5. The number of carbonyl (C=O) groups excluding carboxylic acids is 2. The number of quaternary nitrogens is 1. The highest BCUT2D eigenvalue weighted by Gasteiger charge is 2.23. The van der Waals surface area contributed by atoms with Gasteiger partial charge in [0.2, 0.25) is 5.91 Å². The second-order valence-corrected chi connectivity index (χ2v) is 7.76. The first-order valence-corrected chi connectivity index (χ1v) is 10.9. The smallest absolute Gasteiger partial charge is 0.356 e. The summed E-state index contributed by atoms with van der Waals surface area (Å²) < 4.78 is 5.15. The number of nitrogens with one attached hydrogen (secondary N) is 3. The van der Waals surface area contributed by atoms with Gasteiger partial charge in [-0.05, 0) is 25.1 Å². The van der Waals surface area contributed by atoms with E-state index in [1.807, 2.05) is 30.3 Å². The van der Waals surface area contributed by atoms with E-state index < -0.39 is 5.97 Å². The number of esters is 1. The van der Waals surface area contributed by atoms with Crippen molar-refractivity contribution in [2.75, 3.05) is 49.5 Å². The van der Waals surface area contributed by atoms with Crippen molar-refractivity contribution >= 4 is 34.2 Å². The molecule has 1 aromatic heterocycles. The average molecular weight is 422 g/mol. The summed E-state index contributed by atoms with van der Waals surface area (Å²) in [5, 5.41) is 3.76. The Hall–Kier alpha value is -3.32. The highest BCUT2D eigenvalue weighted by Crippen LogP contribution is 2.28. The van der Waals surface area contributed by atoms with Crippen LogP contribution in [-0.4, -0.2) is 56.2 Å². The number of aromatic amines is 1. The van der Waals surface area contributed by atoms with Crippen LogP contribution in [-0.2, 0) is 9.53 Å². The number of H-pyrrole nitrogens is 1.